The van der Waals surface area contributed by atoms with E-state index in [9.17, 15) is 14.4 Å². The highest BCUT2D eigenvalue weighted by Gasteiger charge is 2.23. The second-order valence-electron chi connectivity index (χ2n) is 8.63. The minimum absolute atomic E-state index is 0.0329. The summed E-state index contributed by atoms with van der Waals surface area (Å²) in [5.41, 5.74) is 0.798. The number of hydrogen-bond acceptors (Lipinski definition) is 4. The Labute approximate surface area is 205 Å². The van der Waals surface area contributed by atoms with Gasteiger partial charge in [-0.3, -0.25) is 14.4 Å². The third-order valence-electron chi connectivity index (χ3n) is 6.16. The summed E-state index contributed by atoms with van der Waals surface area (Å²) >= 11 is 12.0. The van der Waals surface area contributed by atoms with E-state index < -0.39 is 0 Å². The number of nitrogens with zero attached hydrogens (tertiary/aromatic N) is 3. The number of carbonyl (C=O) groups is 3. The molecule has 180 valence electrons. The fraction of sp³-hybridized carbons (Fsp3) is 0.542. The van der Waals surface area contributed by atoms with Crippen LogP contribution in [0.2, 0.25) is 10.0 Å². The quantitative estimate of drug-likeness (QED) is 0.591. The zero-order valence-corrected chi connectivity index (χ0v) is 20.6. The molecule has 0 saturated carbocycles. The third kappa shape index (κ3) is 8.02. The number of nitrogens with one attached hydrogen (secondary N) is 1. The van der Waals surface area contributed by atoms with Crippen LogP contribution in [-0.4, -0.2) is 84.3 Å². The van der Waals surface area contributed by atoms with Crippen LogP contribution >= 0.6 is 23.2 Å². The minimum atomic E-state index is -0.113. The summed E-state index contributed by atoms with van der Waals surface area (Å²) in [6, 6.07) is 5.49. The van der Waals surface area contributed by atoms with Crippen molar-refractivity contribution >= 4 is 47.0 Å². The lowest BCUT2D eigenvalue weighted by Crippen LogP contribution is -2.44. The minimum Gasteiger partial charge on any atom is -0.354 e. The van der Waals surface area contributed by atoms with Gasteiger partial charge in [0.25, 0.3) is 0 Å². The van der Waals surface area contributed by atoms with E-state index >= 15 is 0 Å². The molecule has 0 atom stereocenters. The standard InChI is InChI=1S/C24H32Cl2N4O3/c1-18(31)27-20-7-12-28(13-8-20)10-2-11-29-15-16-30(14-9-24(29)33)23(32)6-4-19-3-5-21(25)22(26)17-19/h3-6,17,20H,2,7-16H2,1H3,(H,27,31)/b6-4+. The highest BCUT2D eigenvalue weighted by atomic mass is 35.5. The molecule has 0 spiro atoms. The van der Waals surface area contributed by atoms with Gasteiger partial charge in [0.1, 0.15) is 0 Å². The molecule has 1 aromatic carbocycles. The summed E-state index contributed by atoms with van der Waals surface area (Å²) in [5, 5.41) is 3.91. The maximum Gasteiger partial charge on any atom is 0.246 e. The largest absolute Gasteiger partial charge is 0.354 e. The predicted octanol–water partition coefficient (Wildman–Crippen LogP) is 3.06. The van der Waals surface area contributed by atoms with Gasteiger partial charge in [0.2, 0.25) is 17.7 Å². The van der Waals surface area contributed by atoms with E-state index in [1.165, 1.54) is 6.08 Å². The molecule has 33 heavy (non-hydrogen) atoms. The molecule has 0 aromatic heterocycles. The van der Waals surface area contributed by atoms with E-state index in [2.05, 4.69) is 10.2 Å². The molecule has 1 N–H and O–H groups in total. The number of benzene rings is 1. The van der Waals surface area contributed by atoms with Crippen LogP contribution in [-0.2, 0) is 14.4 Å². The van der Waals surface area contributed by atoms with Crippen LogP contribution in [0.25, 0.3) is 6.08 Å². The molecule has 1 aromatic rings. The van der Waals surface area contributed by atoms with Crippen molar-refractivity contribution in [2.24, 2.45) is 0 Å². The van der Waals surface area contributed by atoms with Gasteiger partial charge >= 0.3 is 0 Å². The van der Waals surface area contributed by atoms with Gasteiger partial charge in [-0.1, -0.05) is 29.3 Å². The van der Waals surface area contributed by atoms with Crippen LogP contribution in [0.4, 0.5) is 0 Å². The normalized spacial score (nSPS) is 18.6. The lowest BCUT2D eigenvalue weighted by atomic mass is 10.0. The number of amides is 3. The van der Waals surface area contributed by atoms with E-state index in [-0.39, 0.29) is 23.8 Å². The van der Waals surface area contributed by atoms with Crippen molar-refractivity contribution in [3.05, 3.63) is 39.9 Å². The number of hydrogen-bond donors (Lipinski definition) is 1. The van der Waals surface area contributed by atoms with E-state index in [4.69, 9.17) is 23.2 Å². The van der Waals surface area contributed by atoms with Gasteiger partial charge in [-0.15, -0.1) is 0 Å². The van der Waals surface area contributed by atoms with E-state index in [0.29, 0.717) is 42.6 Å². The molecule has 0 bridgehead atoms. The molecule has 3 rings (SSSR count). The summed E-state index contributed by atoms with van der Waals surface area (Å²) in [4.78, 5) is 42.3. The monoisotopic (exact) mass is 494 g/mol. The van der Waals surface area contributed by atoms with Gasteiger partial charge < -0.3 is 20.0 Å². The summed E-state index contributed by atoms with van der Waals surface area (Å²) < 4.78 is 0. The highest BCUT2D eigenvalue weighted by Crippen LogP contribution is 2.23. The molecule has 0 aliphatic carbocycles. The second-order valence-corrected chi connectivity index (χ2v) is 9.45. The van der Waals surface area contributed by atoms with Gasteiger partial charge in [0, 0.05) is 64.7 Å². The first kappa shape index (κ1) is 25.5. The number of halogens is 2. The fourth-order valence-electron chi connectivity index (χ4n) is 4.29. The molecule has 0 radical (unpaired) electrons. The van der Waals surface area contributed by atoms with Gasteiger partial charge in [-0.2, -0.15) is 0 Å². The molecule has 2 saturated heterocycles. The van der Waals surface area contributed by atoms with Crippen molar-refractivity contribution in [1.29, 1.82) is 0 Å². The molecular weight excluding hydrogens is 463 g/mol. The summed E-state index contributed by atoms with van der Waals surface area (Å²) in [6.07, 6.45) is 6.41. The Morgan fingerprint density at radius 2 is 1.82 bits per heavy atom. The molecule has 7 nitrogen and oxygen atoms in total. The SMILES string of the molecule is CC(=O)NC1CCN(CCCN2CCN(C(=O)/C=C/c3ccc(Cl)c(Cl)c3)CCC2=O)CC1. The second kappa shape index (κ2) is 12.4. The van der Waals surface area contributed by atoms with Gasteiger partial charge in [0.05, 0.1) is 10.0 Å². The molecule has 2 fully saturated rings. The van der Waals surface area contributed by atoms with Crippen LogP contribution in [0.3, 0.4) is 0 Å². The first-order valence-electron chi connectivity index (χ1n) is 11.5. The van der Waals surface area contributed by atoms with Gasteiger partial charge in [-0.25, -0.2) is 0 Å². The topological polar surface area (TPSA) is 73.0 Å². The van der Waals surface area contributed by atoms with Crippen LogP contribution in [0.5, 0.6) is 0 Å². The molecule has 0 unspecified atom stereocenters. The first-order valence-corrected chi connectivity index (χ1v) is 12.3. The van der Waals surface area contributed by atoms with Crippen molar-refractivity contribution < 1.29 is 14.4 Å². The Balaban J connectivity index is 1.41. The number of piperidine rings is 1. The Bertz CT molecular complexity index is 884. The number of likely N-dealkylation sites (tertiary alicyclic amines) is 1. The predicted molar refractivity (Wildman–Crippen MR) is 131 cm³/mol. The first-order chi connectivity index (χ1) is 15.8. The maximum absolute atomic E-state index is 12.6. The molecule has 9 heteroatoms. The van der Waals surface area contributed by atoms with Crippen LogP contribution < -0.4 is 5.32 Å². The Kier molecular flexibility index (Phi) is 9.59. The average Bonchev–Trinajstić information content (AvgIpc) is 2.97. The Morgan fingerprint density at radius 1 is 1.06 bits per heavy atom. The summed E-state index contributed by atoms with van der Waals surface area (Å²) in [7, 11) is 0. The number of rotatable bonds is 7. The smallest absolute Gasteiger partial charge is 0.246 e. The molecule has 2 aliphatic heterocycles. The van der Waals surface area contributed by atoms with E-state index in [0.717, 1.165) is 44.5 Å². The maximum atomic E-state index is 12.6. The van der Waals surface area contributed by atoms with Gasteiger partial charge in [0.15, 0.2) is 0 Å². The van der Waals surface area contributed by atoms with Crippen molar-refractivity contribution in [3.63, 3.8) is 0 Å². The van der Waals surface area contributed by atoms with Crippen LogP contribution in [0.1, 0.15) is 38.2 Å². The van der Waals surface area contributed by atoms with Crippen molar-refractivity contribution in [2.75, 3.05) is 45.8 Å². The highest BCUT2D eigenvalue weighted by molar-refractivity contribution is 6.42. The van der Waals surface area contributed by atoms with Crippen molar-refractivity contribution in [3.8, 4) is 0 Å². The third-order valence-corrected chi connectivity index (χ3v) is 6.90. The number of carbonyl (C=O) groups excluding carboxylic acids is 3. The van der Waals surface area contributed by atoms with Crippen LogP contribution in [0, 0.1) is 0 Å². The van der Waals surface area contributed by atoms with Crippen molar-refractivity contribution in [2.45, 2.75) is 38.6 Å². The fourth-order valence-corrected chi connectivity index (χ4v) is 4.59. The van der Waals surface area contributed by atoms with E-state index in [1.54, 1.807) is 36.1 Å². The zero-order chi connectivity index (χ0) is 23.8. The lowest BCUT2D eigenvalue weighted by molar-refractivity contribution is -0.130. The molecular formula is C24H32Cl2N4O3. The van der Waals surface area contributed by atoms with Crippen LogP contribution in [0.15, 0.2) is 24.3 Å². The van der Waals surface area contributed by atoms with E-state index in [1.807, 2.05) is 4.90 Å². The molecule has 2 aliphatic rings. The lowest BCUT2D eigenvalue weighted by Gasteiger charge is -2.32. The Morgan fingerprint density at radius 3 is 2.52 bits per heavy atom. The molecule has 2 heterocycles. The van der Waals surface area contributed by atoms with Crippen molar-refractivity contribution in [1.82, 2.24) is 20.0 Å². The average molecular weight is 495 g/mol. The summed E-state index contributed by atoms with van der Waals surface area (Å²) in [6.45, 7) is 6.63. The molecule has 3 amide bonds. The Hall–Kier alpha value is -2.09. The van der Waals surface area contributed by atoms with Gasteiger partial charge in [-0.05, 0) is 49.6 Å². The summed E-state index contributed by atoms with van der Waals surface area (Å²) in [5.74, 6) is 0.0198. The zero-order valence-electron chi connectivity index (χ0n) is 19.1.